The van der Waals surface area contributed by atoms with Crippen LogP contribution in [0, 0.1) is 34.0 Å². The van der Waals surface area contributed by atoms with Crippen LogP contribution >= 0.6 is 0 Å². The summed E-state index contributed by atoms with van der Waals surface area (Å²) in [6.07, 6.45) is 17.3. The van der Waals surface area contributed by atoms with E-state index < -0.39 is 0 Å². The smallest absolute Gasteiger partial charge is 0.211 e. The van der Waals surface area contributed by atoms with E-state index in [4.69, 9.17) is 0 Å². The number of hydrogen-bond donors (Lipinski definition) is 0. The maximum Gasteiger partial charge on any atom is 0.211 e. The number of rotatable bonds is 4. The molecule has 0 radical (unpaired) electrons. The zero-order valence-corrected chi connectivity index (χ0v) is 17.9. The summed E-state index contributed by atoms with van der Waals surface area (Å²) in [7, 11) is 1.90. The van der Waals surface area contributed by atoms with Gasteiger partial charge >= 0.3 is 0 Å². The SMILES string of the molecule is Cn1cc(-c2cc(C3=C/[N+](=C\[C@]4(CC#N)CC[C@H](C#N)CC4)N=C3)c3ccnn3c2)cn1. The Hall–Kier alpha value is -4.04. The molecule has 158 valence electrons. The number of pyridine rings is 1. The molecule has 8 nitrogen and oxygen atoms in total. The third kappa shape index (κ3) is 3.61. The second-order valence-corrected chi connectivity index (χ2v) is 8.64. The number of hydrogen-bond acceptors (Lipinski definition) is 5. The van der Waals surface area contributed by atoms with Gasteiger partial charge in [0.2, 0.25) is 6.20 Å². The molecule has 5 rings (SSSR count). The van der Waals surface area contributed by atoms with Gasteiger partial charge in [0.25, 0.3) is 0 Å². The van der Waals surface area contributed by atoms with Crippen molar-refractivity contribution in [1.29, 1.82) is 10.5 Å². The fourth-order valence-corrected chi connectivity index (χ4v) is 4.65. The molecule has 0 aromatic carbocycles. The van der Waals surface area contributed by atoms with Crippen LogP contribution in [0.4, 0.5) is 0 Å². The van der Waals surface area contributed by atoms with Crippen LogP contribution in [0.2, 0.25) is 0 Å². The van der Waals surface area contributed by atoms with E-state index in [0.29, 0.717) is 6.42 Å². The molecule has 2 aliphatic rings. The first-order valence-electron chi connectivity index (χ1n) is 10.7. The van der Waals surface area contributed by atoms with Crippen molar-refractivity contribution in [3.05, 3.63) is 48.7 Å². The average Bonchev–Trinajstić information content (AvgIpc) is 3.55. The minimum absolute atomic E-state index is 0.0914. The van der Waals surface area contributed by atoms with Gasteiger partial charge in [0.05, 0.1) is 41.3 Å². The second kappa shape index (κ2) is 7.90. The maximum atomic E-state index is 9.42. The zero-order chi connectivity index (χ0) is 22.1. The largest absolute Gasteiger partial charge is 0.275 e. The molecule has 8 heteroatoms. The van der Waals surface area contributed by atoms with Crippen molar-refractivity contribution in [3.8, 4) is 23.3 Å². The Kier molecular flexibility index (Phi) is 4.91. The number of nitriles is 2. The molecule has 32 heavy (non-hydrogen) atoms. The van der Waals surface area contributed by atoms with Gasteiger partial charge in [-0.25, -0.2) is 4.52 Å². The van der Waals surface area contributed by atoms with Gasteiger partial charge in [0.1, 0.15) is 6.21 Å². The average molecular weight is 424 g/mol. The van der Waals surface area contributed by atoms with Gasteiger partial charge in [0, 0.05) is 48.2 Å². The molecule has 3 aromatic rings. The van der Waals surface area contributed by atoms with E-state index in [1.807, 2.05) is 53.3 Å². The molecule has 0 N–H and O–H groups in total. The summed E-state index contributed by atoms with van der Waals surface area (Å²) >= 11 is 0. The van der Waals surface area contributed by atoms with E-state index in [2.05, 4.69) is 39.7 Å². The Morgan fingerprint density at radius 3 is 2.78 bits per heavy atom. The zero-order valence-electron chi connectivity index (χ0n) is 17.9. The van der Waals surface area contributed by atoms with Gasteiger partial charge < -0.3 is 0 Å². The van der Waals surface area contributed by atoms with Crippen LogP contribution in [-0.4, -0.2) is 36.5 Å². The van der Waals surface area contributed by atoms with Crippen molar-refractivity contribution >= 4 is 23.5 Å². The van der Waals surface area contributed by atoms with E-state index in [0.717, 1.165) is 53.5 Å². The molecule has 0 bridgehead atoms. The van der Waals surface area contributed by atoms with Gasteiger partial charge in [-0.15, -0.1) is 0 Å². The van der Waals surface area contributed by atoms with Crippen molar-refractivity contribution in [2.24, 2.45) is 23.5 Å². The highest BCUT2D eigenvalue weighted by Gasteiger charge is 2.38. The monoisotopic (exact) mass is 423 g/mol. The Labute approximate surface area is 186 Å². The first kappa shape index (κ1) is 19.9. The Morgan fingerprint density at radius 1 is 1.22 bits per heavy atom. The highest BCUT2D eigenvalue weighted by Crippen LogP contribution is 2.40. The van der Waals surface area contributed by atoms with Crippen molar-refractivity contribution in [3.63, 3.8) is 0 Å². The molecule has 0 amide bonds. The summed E-state index contributed by atoms with van der Waals surface area (Å²) < 4.78 is 5.49. The first-order chi connectivity index (χ1) is 15.6. The highest BCUT2D eigenvalue weighted by atomic mass is 15.4. The molecule has 1 saturated carbocycles. The molecular weight excluding hydrogens is 400 g/mol. The van der Waals surface area contributed by atoms with Crippen LogP contribution in [0.25, 0.3) is 22.2 Å². The number of hydrazone groups is 1. The summed E-state index contributed by atoms with van der Waals surface area (Å²) in [6.45, 7) is 0. The van der Waals surface area contributed by atoms with E-state index in [9.17, 15) is 10.5 Å². The van der Waals surface area contributed by atoms with E-state index in [1.165, 1.54) is 0 Å². The third-order valence-corrected chi connectivity index (χ3v) is 6.46. The molecule has 4 heterocycles. The van der Waals surface area contributed by atoms with Crippen LogP contribution in [0.1, 0.15) is 37.7 Å². The van der Waals surface area contributed by atoms with Gasteiger partial charge in [-0.05, 0) is 42.9 Å². The molecule has 0 atom stereocenters. The van der Waals surface area contributed by atoms with E-state index in [-0.39, 0.29) is 11.3 Å². The van der Waals surface area contributed by atoms with E-state index in [1.54, 1.807) is 10.9 Å². The van der Waals surface area contributed by atoms with Crippen LogP contribution < -0.4 is 0 Å². The Balaban J connectivity index is 1.52. The van der Waals surface area contributed by atoms with Gasteiger partial charge in [-0.3, -0.25) is 4.68 Å². The van der Waals surface area contributed by atoms with Crippen LogP contribution in [0.15, 0.2) is 48.2 Å². The van der Waals surface area contributed by atoms with Crippen molar-refractivity contribution in [2.75, 3.05) is 0 Å². The standard InChI is InChI=1S/C24H23N8/c1-30-14-20(12-28-30)19-10-22(23-4-9-27-32(23)16-19)21-13-29-31(15-21)17-24(7-8-25)5-2-18(11-26)3-6-24/h4,9-10,12-18H,2-3,5-7H2,1H3/q+1/b31-17+/t18-,24+. The quantitative estimate of drug-likeness (QED) is 0.597. The number of nitrogens with zero attached hydrogens (tertiary/aromatic N) is 8. The van der Waals surface area contributed by atoms with Gasteiger partial charge in [0.15, 0.2) is 6.21 Å². The molecule has 1 aliphatic carbocycles. The number of aromatic nitrogens is 4. The predicted molar refractivity (Wildman–Crippen MR) is 120 cm³/mol. The van der Waals surface area contributed by atoms with Crippen molar-refractivity contribution < 1.29 is 4.68 Å². The molecule has 1 aliphatic heterocycles. The predicted octanol–water partition coefficient (Wildman–Crippen LogP) is 3.77. The molecule has 0 saturated heterocycles. The van der Waals surface area contributed by atoms with Gasteiger partial charge in [-0.2, -0.15) is 20.7 Å². The first-order valence-corrected chi connectivity index (χ1v) is 10.7. The minimum atomic E-state index is -0.241. The second-order valence-electron chi connectivity index (χ2n) is 8.64. The lowest BCUT2D eigenvalue weighted by Gasteiger charge is -2.31. The summed E-state index contributed by atoms with van der Waals surface area (Å²) in [6, 6.07) is 8.85. The molecule has 0 unspecified atom stereocenters. The van der Waals surface area contributed by atoms with Crippen LogP contribution in [-0.2, 0) is 7.05 Å². The summed E-state index contributed by atoms with van der Waals surface area (Å²) in [4.78, 5) is 0. The summed E-state index contributed by atoms with van der Waals surface area (Å²) in [5, 5.41) is 32.0. The number of aryl methyl sites for hydroxylation is 1. The molecular formula is C24H23N8+. The lowest BCUT2D eigenvalue weighted by atomic mass is 9.70. The van der Waals surface area contributed by atoms with Gasteiger partial charge in [-0.1, -0.05) is 4.68 Å². The van der Waals surface area contributed by atoms with E-state index >= 15 is 0 Å². The summed E-state index contributed by atoms with van der Waals surface area (Å²) in [5.74, 6) is 0.0914. The maximum absolute atomic E-state index is 9.42. The Morgan fingerprint density at radius 2 is 2.06 bits per heavy atom. The lowest BCUT2D eigenvalue weighted by molar-refractivity contribution is -0.456. The fourth-order valence-electron chi connectivity index (χ4n) is 4.65. The van der Waals surface area contributed by atoms with Crippen molar-refractivity contribution in [2.45, 2.75) is 32.1 Å². The van der Waals surface area contributed by atoms with Crippen molar-refractivity contribution in [1.82, 2.24) is 19.4 Å². The normalized spacial score (nSPS) is 23.9. The van der Waals surface area contributed by atoms with Crippen LogP contribution in [0.5, 0.6) is 0 Å². The topological polar surface area (TPSA) is 98.1 Å². The lowest BCUT2D eigenvalue weighted by Crippen LogP contribution is -2.30. The molecule has 3 aromatic heterocycles. The molecule has 1 fully saturated rings. The highest BCUT2D eigenvalue weighted by molar-refractivity contribution is 6.13. The summed E-state index contributed by atoms with van der Waals surface area (Å²) in [5.41, 5.74) is 4.82. The third-order valence-electron chi connectivity index (χ3n) is 6.46. The number of fused-ring (bicyclic) bond motifs is 1. The molecule has 0 spiro atoms. The Bertz CT molecular complexity index is 1350. The minimum Gasteiger partial charge on any atom is -0.275 e. The van der Waals surface area contributed by atoms with Crippen LogP contribution in [0.3, 0.4) is 0 Å². The number of allylic oxidation sites excluding steroid dienone is 1. The fraction of sp³-hybridized carbons (Fsp3) is 0.333.